The Hall–Kier alpha value is -2.72. The van der Waals surface area contributed by atoms with Gasteiger partial charge in [-0.1, -0.05) is 6.07 Å². The summed E-state index contributed by atoms with van der Waals surface area (Å²) < 4.78 is 4.95. The van der Waals surface area contributed by atoms with E-state index in [4.69, 9.17) is 10.2 Å². The van der Waals surface area contributed by atoms with E-state index in [1.165, 1.54) is 11.0 Å². The molecule has 10 heteroatoms. The molecule has 1 aliphatic rings. The summed E-state index contributed by atoms with van der Waals surface area (Å²) in [7, 11) is 1.16. The molecule has 0 fully saturated rings. The number of carboxylic acid groups (broad SMARTS) is 1. The van der Waals surface area contributed by atoms with Gasteiger partial charge in [0.1, 0.15) is 5.70 Å². The highest BCUT2D eigenvalue weighted by Crippen LogP contribution is 2.31. The van der Waals surface area contributed by atoms with Gasteiger partial charge in [-0.15, -0.1) is 0 Å². The van der Waals surface area contributed by atoms with Crippen molar-refractivity contribution in [2.45, 2.75) is 6.92 Å². The zero-order chi connectivity index (χ0) is 20.3. The standard InChI is InChI=1S/C17H17BrN2O7/c1-8-3-4-10(11(12(8)18)14(22)16(24)25)19-13-9(17(26)27-2)7-20(5-6-21)15(13)23/h3-4,19,21H,5-7H2,1-2H3,(H,24,25). The van der Waals surface area contributed by atoms with Crippen molar-refractivity contribution in [1.82, 2.24) is 4.90 Å². The minimum atomic E-state index is -1.66. The van der Waals surface area contributed by atoms with Gasteiger partial charge in [0.25, 0.3) is 11.7 Å². The summed E-state index contributed by atoms with van der Waals surface area (Å²) in [4.78, 5) is 49.1. The fourth-order valence-electron chi connectivity index (χ4n) is 2.60. The smallest absolute Gasteiger partial charge is 0.377 e. The lowest BCUT2D eigenvalue weighted by molar-refractivity contribution is -0.136. The van der Waals surface area contributed by atoms with Gasteiger partial charge in [-0.2, -0.15) is 0 Å². The van der Waals surface area contributed by atoms with E-state index in [0.717, 1.165) is 7.11 Å². The monoisotopic (exact) mass is 440 g/mol. The van der Waals surface area contributed by atoms with Gasteiger partial charge in [-0.3, -0.25) is 9.59 Å². The van der Waals surface area contributed by atoms with Gasteiger partial charge in [-0.05, 0) is 34.5 Å². The number of aliphatic carboxylic acids is 1. The second-order valence-corrected chi connectivity index (χ2v) is 6.47. The number of β-amino-alcohol motifs (C(OH)–C–C–N with tert-alkyl or cyclic N) is 1. The summed E-state index contributed by atoms with van der Waals surface area (Å²) in [5, 5.41) is 20.9. The second kappa shape index (κ2) is 8.31. The lowest BCUT2D eigenvalue weighted by atomic mass is 10.0. The number of rotatable bonds is 7. The van der Waals surface area contributed by atoms with Crippen molar-refractivity contribution in [3.05, 3.63) is 39.0 Å². The van der Waals surface area contributed by atoms with E-state index in [9.17, 15) is 19.2 Å². The number of aliphatic hydroxyl groups is 1. The van der Waals surface area contributed by atoms with Gasteiger partial charge in [0.2, 0.25) is 0 Å². The maximum atomic E-state index is 12.6. The largest absolute Gasteiger partial charge is 0.475 e. The highest BCUT2D eigenvalue weighted by Gasteiger charge is 2.35. The molecular weight excluding hydrogens is 424 g/mol. The van der Waals surface area contributed by atoms with Crippen LogP contribution in [0.25, 0.3) is 0 Å². The average Bonchev–Trinajstić information content (AvgIpc) is 2.93. The molecule has 144 valence electrons. The third-order valence-corrected chi connectivity index (χ3v) is 4.99. The Balaban J connectivity index is 2.55. The molecule has 1 aromatic carbocycles. The Morgan fingerprint density at radius 2 is 2.00 bits per heavy atom. The minimum absolute atomic E-state index is 0.00299. The van der Waals surface area contributed by atoms with E-state index >= 15 is 0 Å². The normalized spacial score (nSPS) is 13.8. The van der Waals surface area contributed by atoms with E-state index in [0.29, 0.717) is 5.56 Å². The number of carbonyl (C=O) groups excluding carboxylic acids is 3. The highest BCUT2D eigenvalue weighted by molar-refractivity contribution is 9.10. The predicted octanol–water partition coefficient (Wildman–Crippen LogP) is 0.698. The Morgan fingerprint density at radius 3 is 2.56 bits per heavy atom. The Labute approximate surface area is 162 Å². The van der Waals surface area contributed by atoms with Crippen LogP contribution in [0.4, 0.5) is 5.69 Å². The molecule has 0 aliphatic carbocycles. The molecule has 0 saturated heterocycles. The zero-order valence-electron chi connectivity index (χ0n) is 14.5. The first kappa shape index (κ1) is 20.6. The highest BCUT2D eigenvalue weighted by atomic mass is 79.9. The van der Waals surface area contributed by atoms with Crippen molar-refractivity contribution >= 4 is 45.2 Å². The third kappa shape index (κ3) is 4.01. The van der Waals surface area contributed by atoms with Crippen LogP contribution in [0.1, 0.15) is 15.9 Å². The molecule has 1 aliphatic heterocycles. The summed E-state index contributed by atoms with van der Waals surface area (Å²) in [5.41, 5.74) is 0.377. The molecule has 0 aromatic heterocycles. The van der Waals surface area contributed by atoms with Crippen molar-refractivity contribution in [1.29, 1.82) is 0 Å². The van der Waals surface area contributed by atoms with Crippen molar-refractivity contribution in [3.63, 3.8) is 0 Å². The van der Waals surface area contributed by atoms with Crippen molar-refractivity contribution in [3.8, 4) is 0 Å². The number of carbonyl (C=O) groups is 4. The molecule has 0 unspecified atom stereocenters. The SMILES string of the molecule is COC(=O)C1=C(Nc2ccc(C)c(Br)c2C(=O)C(=O)O)C(=O)N(CCO)C1. The number of hydrogen-bond acceptors (Lipinski definition) is 7. The first-order valence-corrected chi connectivity index (χ1v) is 8.57. The number of hydrogen-bond donors (Lipinski definition) is 3. The summed E-state index contributed by atoms with van der Waals surface area (Å²) in [6, 6.07) is 3.06. The topological polar surface area (TPSA) is 133 Å². The molecule has 9 nitrogen and oxygen atoms in total. The van der Waals surface area contributed by atoms with Gasteiger partial charge in [-0.25, -0.2) is 9.59 Å². The molecule has 1 amide bonds. The molecule has 27 heavy (non-hydrogen) atoms. The number of anilines is 1. The molecule has 3 N–H and O–H groups in total. The third-order valence-electron chi connectivity index (χ3n) is 3.97. The van der Waals surface area contributed by atoms with E-state index in [1.54, 1.807) is 13.0 Å². The molecule has 0 saturated carbocycles. The van der Waals surface area contributed by atoms with Crippen LogP contribution < -0.4 is 5.32 Å². The number of nitrogens with zero attached hydrogens (tertiary/aromatic N) is 1. The molecular formula is C17H17BrN2O7. The second-order valence-electron chi connectivity index (χ2n) is 5.67. The number of esters is 1. The van der Waals surface area contributed by atoms with Gasteiger partial charge < -0.3 is 25.2 Å². The molecule has 0 atom stereocenters. The number of ketones is 1. The predicted molar refractivity (Wildman–Crippen MR) is 97.2 cm³/mol. The summed E-state index contributed by atoms with van der Waals surface area (Å²) in [6.45, 7) is 1.30. The molecule has 0 spiro atoms. The summed E-state index contributed by atoms with van der Waals surface area (Å²) >= 11 is 3.20. The Bertz CT molecular complexity index is 863. The van der Waals surface area contributed by atoms with Crippen LogP contribution in [0.15, 0.2) is 27.9 Å². The van der Waals surface area contributed by atoms with Crippen LogP contribution in [0.3, 0.4) is 0 Å². The fraction of sp³-hybridized carbons (Fsp3) is 0.294. The number of aliphatic hydroxyl groups excluding tert-OH is 1. The number of Topliss-reactive ketones (excluding diaryl/α,β-unsaturated/α-hetero) is 1. The van der Waals surface area contributed by atoms with Gasteiger partial charge in [0, 0.05) is 11.0 Å². The number of ether oxygens (including phenoxy) is 1. The van der Waals surface area contributed by atoms with E-state index in [-0.39, 0.29) is 46.7 Å². The summed E-state index contributed by atoms with van der Waals surface area (Å²) in [6.07, 6.45) is 0. The zero-order valence-corrected chi connectivity index (χ0v) is 16.1. The number of amides is 1. The number of nitrogens with one attached hydrogen (secondary N) is 1. The molecule has 0 radical (unpaired) electrons. The maximum absolute atomic E-state index is 12.6. The van der Waals surface area contributed by atoms with Crippen molar-refractivity contribution in [2.24, 2.45) is 0 Å². The van der Waals surface area contributed by atoms with Crippen LogP contribution >= 0.6 is 15.9 Å². The Morgan fingerprint density at radius 1 is 1.33 bits per heavy atom. The van der Waals surface area contributed by atoms with Crippen molar-refractivity contribution in [2.75, 3.05) is 32.1 Å². The average molecular weight is 441 g/mol. The number of aryl methyl sites for hydroxylation is 1. The van der Waals surface area contributed by atoms with Crippen LogP contribution in [-0.2, 0) is 19.1 Å². The van der Waals surface area contributed by atoms with Gasteiger partial charge in [0.15, 0.2) is 0 Å². The quantitative estimate of drug-likeness (QED) is 0.320. The first-order valence-electron chi connectivity index (χ1n) is 7.78. The molecule has 1 aromatic rings. The van der Waals surface area contributed by atoms with Crippen LogP contribution in [0.2, 0.25) is 0 Å². The van der Waals surface area contributed by atoms with Crippen molar-refractivity contribution < 1.29 is 34.1 Å². The van der Waals surface area contributed by atoms with Crippen LogP contribution in [0, 0.1) is 6.92 Å². The summed E-state index contributed by atoms with van der Waals surface area (Å²) in [5.74, 6) is -4.16. The minimum Gasteiger partial charge on any atom is -0.475 e. The number of methoxy groups -OCH3 is 1. The van der Waals surface area contributed by atoms with Gasteiger partial charge >= 0.3 is 11.9 Å². The number of benzene rings is 1. The number of carboxylic acids is 1. The van der Waals surface area contributed by atoms with E-state index < -0.39 is 23.6 Å². The lowest BCUT2D eigenvalue weighted by Gasteiger charge is -2.16. The van der Waals surface area contributed by atoms with Crippen LogP contribution in [-0.4, -0.2) is 65.5 Å². The molecule has 1 heterocycles. The maximum Gasteiger partial charge on any atom is 0.377 e. The van der Waals surface area contributed by atoms with Crippen LogP contribution in [0.5, 0.6) is 0 Å². The van der Waals surface area contributed by atoms with Gasteiger partial charge in [0.05, 0.1) is 37.1 Å². The first-order chi connectivity index (χ1) is 12.7. The van der Waals surface area contributed by atoms with E-state index in [2.05, 4.69) is 26.0 Å². The Kier molecular flexibility index (Phi) is 6.34. The number of halogens is 1. The lowest BCUT2D eigenvalue weighted by Crippen LogP contribution is -2.31. The molecule has 2 rings (SSSR count). The molecule has 0 bridgehead atoms. The van der Waals surface area contributed by atoms with E-state index in [1.807, 2.05) is 0 Å². The fourth-order valence-corrected chi connectivity index (χ4v) is 3.12.